The summed E-state index contributed by atoms with van der Waals surface area (Å²) in [5.74, 6) is 0.628. The normalized spacial score (nSPS) is 11.2. The first-order valence-corrected chi connectivity index (χ1v) is 7.69. The molecule has 0 fully saturated rings. The number of nitrogens with one attached hydrogen (secondary N) is 1. The SMILES string of the molecule is COc1nc(-n2[nH]c(C)c(N=Nc3ccccc3)c2=O)nc(C)c1C. The summed E-state index contributed by atoms with van der Waals surface area (Å²) >= 11 is 0. The number of H-pyrrole nitrogens is 1. The molecule has 2 heterocycles. The van der Waals surface area contributed by atoms with Crippen LogP contribution >= 0.6 is 0 Å². The summed E-state index contributed by atoms with van der Waals surface area (Å²) in [7, 11) is 1.53. The van der Waals surface area contributed by atoms with E-state index in [-0.39, 0.29) is 17.2 Å². The summed E-state index contributed by atoms with van der Waals surface area (Å²) in [6, 6.07) is 9.21. The van der Waals surface area contributed by atoms with Crippen LogP contribution in [0.1, 0.15) is 17.0 Å². The van der Waals surface area contributed by atoms with Gasteiger partial charge in [-0.15, -0.1) is 5.11 Å². The second-order valence-electron chi connectivity index (χ2n) is 5.50. The van der Waals surface area contributed by atoms with Gasteiger partial charge in [-0.3, -0.25) is 9.89 Å². The molecule has 0 saturated heterocycles. The lowest BCUT2D eigenvalue weighted by atomic mass is 10.3. The van der Waals surface area contributed by atoms with Crippen molar-refractivity contribution in [3.63, 3.8) is 0 Å². The van der Waals surface area contributed by atoms with Gasteiger partial charge in [0.25, 0.3) is 5.95 Å². The number of nitrogens with zero attached hydrogens (tertiary/aromatic N) is 5. The first kappa shape index (κ1) is 16.6. The molecule has 128 valence electrons. The molecular weight excluding hydrogens is 320 g/mol. The van der Waals surface area contributed by atoms with Crippen molar-refractivity contribution in [2.24, 2.45) is 10.2 Å². The predicted molar refractivity (Wildman–Crippen MR) is 93.4 cm³/mol. The maximum absolute atomic E-state index is 12.7. The first-order chi connectivity index (χ1) is 12.0. The lowest BCUT2D eigenvalue weighted by molar-refractivity contribution is 0.391. The minimum atomic E-state index is -0.373. The van der Waals surface area contributed by atoms with Gasteiger partial charge < -0.3 is 4.74 Å². The van der Waals surface area contributed by atoms with E-state index in [1.165, 1.54) is 11.8 Å². The Bertz CT molecular complexity index is 988. The number of benzene rings is 1. The highest BCUT2D eigenvalue weighted by atomic mass is 16.5. The van der Waals surface area contributed by atoms with Crippen molar-refractivity contribution in [3.8, 4) is 11.8 Å². The van der Waals surface area contributed by atoms with Crippen LogP contribution in [-0.2, 0) is 0 Å². The van der Waals surface area contributed by atoms with Crippen molar-refractivity contribution in [2.45, 2.75) is 20.8 Å². The van der Waals surface area contributed by atoms with E-state index < -0.39 is 0 Å². The number of ether oxygens (including phenoxy) is 1. The Balaban J connectivity index is 2.05. The van der Waals surface area contributed by atoms with Crippen molar-refractivity contribution in [2.75, 3.05) is 7.11 Å². The maximum atomic E-state index is 12.7. The number of hydrogen-bond acceptors (Lipinski definition) is 6. The highest BCUT2D eigenvalue weighted by molar-refractivity contribution is 5.43. The molecule has 3 aromatic rings. The highest BCUT2D eigenvalue weighted by Gasteiger charge is 2.16. The van der Waals surface area contributed by atoms with Gasteiger partial charge in [0.15, 0.2) is 5.69 Å². The van der Waals surface area contributed by atoms with Gasteiger partial charge in [0.2, 0.25) is 5.88 Å². The fourth-order valence-corrected chi connectivity index (χ4v) is 2.29. The number of azo groups is 1. The quantitative estimate of drug-likeness (QED) is 0.738. The van der Waals surface area contributed by atoms with E-state index in [9.17, 15) is 4.79 Å². The topological polar surface area (TPSA) is 97.5 Å². The van der Waals surface area contributed by atoms with Crippen LogP contribution in [0.4, 0.5) is 11.4 Å². The standard InChI is InChI=1S/C17H18N6O2/c1-10-11(2)18-17(19-15(10)25-4)23-16(24)14(12(3)22-23)21-20-13-8-6-5-7-9-13/h5-9,22H,1-4H3. The molecular formula is C17H18N6O2. The van der Waals surface area contributed by atoms with E-state index in [1.54, 1.807) is 19.1 Å². The van der Waals surface area contributed by atoms with Gasteiger partial charge in [-0.25, -0.2) is 4.98 Å². The van der Waals surface area contributed by atoms with Crippen molar-refractivity contribution in [3.05, 3.63) is 57.6 Å². The molecule has 0 radical (unpaired) electrons. The smallest absolute Gasteiger partial charge is 0.301 e. The second-order valence-corrected chi connectivity index (χ2v) is 5.50. The van der Waals surface area contributed by atoms with Crippen LogP contribution in [0.25, 0.3) is 5.95 Å². The Morgan fingerprint density at radius 1 is 1.08 bits per heavy atom. The molecule has 0 saturated carbocycles. The third-order valence-corrected chi connectivity index (χ3v) is 3.79. The number of aryl methyl sites for hydroxylation is 2. The van der Waals surface area contributed by atoms with Gasteiger partial charge in [-0.2, -0.15) is 14.8 Å². The molecule has 0 bridgehead atoms. The number of aromatic amines is 1. The van der Waals surface area contributed by atoms with Crippen LogP contribution in [-0.4, -0.2) is 26.9 Å². The largest absolute Gasteiger partial charge is 0.481 e. The summed E-state index contributed by atoms with van der Waals surface area (Å²) < 4.78 is 6.49. The van der Waals surface area contributed by atoms with Crippen LogP contribution in [0.3, 0.4) is 0 Å². The van der Waals surface area contributed by atoms with Crippen LogP contribution < -0.4 is 10.3 Å². The summed E-state index contributed by atoms with van der Waals surface area (Å²) in [5, 5.41) is 11.1. The minimum Gasteiger partial charge on any atom is -0.481 e. The van der Waals surface area contributed by atoms with E-state index in [4.69, 9.17) is 4.74 Å². The van der Waals surface area contributed by atoms with Crippen LogP contribution in [0.2, 0.25) is 0 Å². The Morgan fingerprint density at radius 3 is 2.48 bits per heavy atom. The third-order valence-electron chi connectivity index (χ3n) is 3.79. The molecule has 0 spiro atoms. The van der Waals surface area contributed by atoms with E-state index in [1.807, 2.05) is 32.0 Å². The molecule has 3 rings (SSSR count). The second kappa shape index (κ2) is 6.68. The fourth-order valence-electron chi connectivity index (χ4n) is 2.29. The molecule has 8 nitrogen and oxygen atoms in total. The minimum absolute atomic E-state index is 0.203. The molecule has 0 aliphatic heterocycles. The number of methoxy groups -OCH3 is 1. The van der Waals surface area contributed by atoms with Gasteiger partial charge in [-0.05, 0) is 32.9 Å². The lowest BCUT2D eigenvalue weighted by Crippen LogP contribution is -2.18. The zero-order valence-electron chi connectivity index (χ0n) is 14.4. The number of hydrogen-bond donors (Lipinski definition) is 1. The molecule has 0 unspecified atom stereocenters. The lowest BCUT2D eigenvalue weighted by Gasteiger charge is -2.08. The van der Waals surface area contributed by atoms with Crippen LogP contribution in [0, 0.1) is 20.8 Å². The van der Waals surface area contributed by atoms with Crippen molar-refractivity contribution in [1.82, 2.24) is 19.7 Å². The molecule has 0 atom stereocenters. The van der Waals surface area contributed by atoms with Gasteiger partial charge in [0, 0.05) is 11.3 Å². The van der Waals surface area contributed by atoms with Gasteiger partial charge in [0.05, 0.1) is 18.5 Å². The Kier molecular flexibility index (Phi) is 4.42. The fraction of sp³-hybridized carbons (Fsp3) is 0.235. The van der Waals surface area contributed by atoms with Crippen LogP contribution in [0.15, 0.2) is 45.4 Å². The first-order valence-electron chi connectivity index (χ1n) is 7.69. The predicted octanol–water partition coefficient (Wildman–Crippen LogP) is 3.30. The summed E-state index contributed by atoms with van der Waals surface area (Å²) in [4.78, 5) is 21.3. The van der Waals surface area contributed by atoms with Gasteiger partial charge in [0.1, 0.15) is 0 Å². The maximum Gasteiger partial charge on any atom is 0.301 e. The number of rotatable bonds is 4. The molecule has 0 amide bonds. The van der Waals surface area contributed by atoms with E-state index in [0.29, 0.717) is 17.3 Å². The average Bonchev–Trinajstić information content (AvgIpc) is 2.90. The molecule has 25 heavy (non-hydrogen) atoms. The van der Waals surface area contributed by atoms with E-state index in [2.05, 4.69) is 25.3 Å². The van der Waals surface area contributed by atoms with E-state index >= 15 is 0 Å². The van der Waals surface area contributed by atoms with Gasteiger partial charge >= 0.3 is 5.56 Å². The van der Waals surface area contributed by atoms with Gasteiger partial charge in [-0.1, -0.05) is 18.2 Å². The van der Waals surface area contributed by atoms with Crippen molar-refractivity contribution >= 4 is 11.4 Å². The molecule has 1 aromatic carbocycles. The Hall–Kier alpha value is -3.29. The highest BCUT2D eigenvalue weighted by Crippen LogP contribution is 2.20. The third kappa shape index (κ3) is 3.18. The zero-order chi connectivity index (χ0) is 18.0. The van der Waals surface area contributed by atoms with Crippen LogP contribution in [0.5, 0.6) is 5.88 Å². The van der Waals surface area contributed by atoms with E-state index in [0.717, 1.165) is 11.3 Å². The average molecular weight is 338 g/mol. The molecule has 8 heteroatoms. The molecule has 1 N–H and O–H groups in total. The molecule has 0 aliphatic rings. The zero-order valence-corrected chi connectivity index (χ0v) is 14.4. The summed E-state index contributed by atoms with van der Waals surface area (Å²) in [5.41, 5.74) is 2.63. The summed E-state index contributed by atoms with van der Waals surface area (Å²) in [6.45, 7) is 5.44. The Labute approximate surface area is 144 Å². The molecule has 2 aromatic heterocycles. The molecule has 0 aliphatic carbocycles. The Morgan fingerprint density at radius 2 is 1.80 bits per heavy atom. The number of aromatic nitrogens is 4. The monoisotopic (exact) mass is 338 g/mol. The summed E-state index contributed by atoms with van der Waals surface area (Å²) in [6.07, 6.45) is 0. The van der Waals surface area contributed by atoms with Crippen molar-refractivity contribution in [1.29, 1.82) is 0 Å². The van der Waals surface area contributed by atoms with Crippen molar-refractivity contribution < 1.29 is 4.74 Å².